The highest BCUT2D eigenvalue weighted by atomic mass is 35.5. The second kappa shape index (κ2) is 5.66. The zero-order valence-electron chi connectivity index (χ0n) is 9.04. The van der Waals surface area contributed by atoms with Gasteiger partial charge < -0.3 is 10.2 Å². The zero-order chi connectivity index (χ0) is 11.4. The first-order valence-electron chi connectivity index (χ1n) is 5.48. The van der Waals surface area contributed by atoms with Gasteiger partial charge in [-0.25, -0.2) is 0 Å². The number of rotatable bonds is 3. The van der Waals surface area contributed by atoms with Crippen LogP contribution in [0.1, 0.15) is 11.3 Å². The van der Waals surface area contributed by atoms with Gasteiger partial charge in [0.25, 0.3) is 0 Å². The molecule has 1 fully saturated rings. The number of halogens is 1. The molecule has 3 nitrogen and oxygen atoms in total. The number of aryl methyl sites for hydroxylation is 1. The average molecular weight is 259 g/mol. The van der Waals surface area contributed by atoms with E-state index >= 15 is 0 Å². The molecule has 0 bridgehead atoms. The molecular weight excluding hydrogens is 244 g/mol. The Morgan fingerprint density at radius 2 is 2.19 bits per heavy atom. The third-order valence-corrected chi connectivity index (χ3v) is 3.97. The van der Waals surface area contributed by atoms with Crippen LogP contribution in [0.15, 0.2) is 12.1 Å². The molecule has 0 spiro atoms. The Hall–Kier alpha value is -0.580. The van der Waals surface area contributed by atoms with E-state index in [1.807, 2.05) is 17.0 Å². The van der Waals surface area contributed by atoms with Crippen molar-refractivity contribution in [2.45, 2.75) is 12.8 Å². The van der Waals surface area contributed by atoms with Crippen LogP contribution in [0.2, 0.25) is 4.34 Å². The van der Waals surface area contributed by atoms with E-state index in [4.69, 9.17) is 11.6 Å². The summed E-state index contributed by atoms with van der Waals surface area (Å²) in [5.41, 5.74) is 0. The molecule has 1 aromatic rings. The molecule has 1 aromatic heterocycles. The van der Waals surface area contributed by atoms with Crippen molar-refractivity contribution in [3.63, 3.8) is 0 Å². The number of nitrogens with zero attached hydrogens (tertiary/aromatic N) is 1. The summed E-state index contributed by atoms with van der Waals surface area (Å²) in [5.74, 6) is 0.256. The molecule has 1 saturated heterocycles. The van der Waals surface area contributed by atoms with Crippen molar-refractivity contribution in [1.29, 1.82) is 0 Å². The lowest BCUT2D eigenvalue weighted by atomic mass is 10.2. The molecule has 0 aliphatic carbocycles. The molecule has 0 unspecified atom stereocenters. The van der Waals surface area contributed by atoms with Crippen LogP contribution in [-0.4, -0.2) is 37.0 Å². The van der Waals surface area contributed by atoms with E-state index < -0.39 is 0 Å². The lowest BCUT2D eigenvalue weighted by Crippen LogP contribution is -2.46. The van der Waals surface area contributed by atoms with Crippen molar-refractivity contribution in [3.05, 3.63) is 21.3 Å². The van der Waals surface area contributed by atoms with Crippen molar-refractivity contribution >= 4 is 28.8 Å². The standard InChI is InChI=1S/C11H15ClN2OS/c12-10-3-1-9(16-10)2-4-11(15)14-7-5-13-6-8-14/h1,3,13H,2,4-8H2. The van der Waals surface area contributed by atoms with Crippen LogP contribution in [0.25, 0.3) is 0 Å². The number of hydrogen-bond donors (Lipinski definition) is 1. The highest BCUT2D eigenvalue weighted by molar-refractivity contribution is 7.16. The third kappa shape index (κ3) is 3.20. The molecule has 0 aromatic carbocycles. The van der Waals surface area contributed by atoms with E-state index in [0.717, 1.165) is 36.9 Å². The summed E-state index contributed by atoms with van der Waals surface area (Å²) in [6.45, 7) is 3.50. The molecule has 1 aliphatic rings. The molecule has 1 aliphatic heterocycles. The molecule has 0 radical (unpaired) electrons. The number of hydrogen-bond acceptors (Lipinski definition) is 3. The molecule has 0 atom stereocenters. The van der Waals surface area contributed by atoms with Crippen molar-refractivity contribution in [1.82, 2.24) is 10.2 Å². The Morgan fingerprint density at radius 1 is 1.44 bits per heavy atom. The number of piperazine rings is 1. The summed E-state index contributed by atoms with van der Waals surface area (Å²) < 4.78 is 0.796. The summed E-state index contributed by atoms with van der Waals surface area (Å²) in [4.78, 5) is 15.0. The van der Waals surface area contributed by atoms with E-state index in [2.05, 4.69) is 5.32 Å². The Kier molecular flexibility index (Phi) is 4.21. The van der Waals surface area contributed by atoms with Gasteiger partial charge >= 0.3 is 0 Å². The Bertz CT molecular complexity index is 361. The lowest BCUT2D eigenvalue weighted by Gasteiger charge is -2.27. The maximum atomic E-state index is 11.8. The summed E-state index contributed by atoms with van der Waals surface area (Å²) in [6.07, 6.45) is 1.40. The normalized spacial score (nSPS) is 16.4. The summed E-state index contributed by atoms with van der Waals surface area (Å²) in [7, 11) is 0. The third-order valence-electron chi connectivity index (χ3n) is 2.68. The summed E-state index contributed by atoms with van der Waals surface area (Å²) >= 11 is 7.40. The lowest BCUT2D eigenvalue weighted by molar-refractivity contribution is -0.131. The molecule has 0 saturated carbocycles. The topological polar surface area (TPSA) is 32.3 Å². The number of carbonyl (C=O) groups is 1. The molecule has 1 N–H and O–H groups in total. The molecule has 88 valence electrons. The first kappa shape index (κ1) is 11.9. The van der Waals surface area contributed by atoms with Crippen molar-refractivity contribution in [3.8, 4) is 0 Å². The smallest absolute Gasteiger partial charge is 0.223 e. The van der Waals surface area contributed by atoms with Gasteiger partial charge in [0, 0.05) is 37.5 Å². The largest absolute Gasteiger partial charge is 0.340 e. The van der Waals surface area contributed by atoms with Crippen LogP contribution >= 0.6 is 22.9 Å². The van der Waals surface area contributed by atoms with E-state index in [9.17, 15) is 4.79 Å². The van der Waals surface area contributed by atoms with Gasteiger partial charge in [0.2, 0.25) is 5.91 Å². The van der Waals surface area contributed by atoms with Gasteiger partial charge in [-0.3, -0.25) is 4.79 Å². The molecular formula is C11H15ClN2OS. The molecule has 5 heteroatoms. The minimum Gasteiger partial charge on any atom is -0.340 e. The zero-order valence-corrected chi connectivity index (χ0v) is 10.6. The van der Waals surface area contributed by atoms with E-state index in [1.165, 1.54) is 4.88 Å². The minimum atomic E-state index is 0.256. The first-order valence-corrected chi connectivity index (χ1v) is 6.68. The number of thiophene rings is 1. The maximum Gasteiger partial charge on any atom is 0.223 e. The van der Waals surface area contributed by atoms with Crippen LogP contribution in [0.3, 0.4) is 0 Å². The first-order chi connectivity index (χ1) is 7.75. The van der Waals surface area contributed by atoms with Gasteiger partial charge in [-0.15, -0.1) is 11.3 Å². The number of nitrogens with one attached hydrogen (secondary N) is 1. The predicted octanol–water partition coefficient (Wildman–Crippen LogP) is 1.77. The van der Waals surface area contributed by atoms with Gasteiger partial charge in [-0.2, -0.15) is 0 Å². The van der Waals surface area contributed by atoms with Crippen molar-refractivity contribution in [2.24, 2.45) is 0 Å². The van der Waals surface area contributed by atoms with Gasteiger partial charge in [0.05, 0.1) is 4.34 Å². The molecule has 2 heterocycles. The van der Waals surface area contributed by atoms with Gasteiger partial charge in [-0.1, -0.05) is 11.6 Å². The highest BCUT2D eigenvalue weighted by Crippen LogP contribution is 2.22. The van der Waals surface area contributed by atoms with E-state index in [-0.39, 0.29) is 5.91 Å². The summed E-state index contributed by atoms with van der Waals surface area (Å²) in [6, 6.07) is 3.88. The molecule has 16 heavy (non-hydrogen) atoms. The fourth-order valence-electron chi connectivity index (χ4n) is 1.79. The van der Waals surface area contributed by atoms with Crippen LogP contribution in [0, 0.1) is 0 Å². The van der Waals surface area contributed by atoms with Crippen molar-refractivity contribution < 1.29 is 4.79 Å². The Morgan fingerprint density at radius 3 is 2.81 bits per heavy atom. The SMILES string of the molecule is O=C(CCc1ccc(Cl)s1)N1CCNCC1. The Balaban J connectivity index is 1.78. The monoisotopic (exact) mass is 258 g/mol. The second-order valence-corrected chi connectivity index (χ2v) is 5.64. The highest BCUT2D eigenvalue weighted by Gasteiger charge is 2.15. The maximum absolute atomic E-state index is 11.8. The molecule has 2 rings (SSSR count). The van der Waals surface area contributed by atoms with Gasteiger partial charge in [-0.05, 0) is 18.6 Å². The van der Waals surface area contributed by atoms with E-state index in [0.29, 0.717) is 6.42 Å². The van der Waals surface area contributed by atoms with Crippen LogP contribution in [0.5, 0.6) is 0 Å². The fourth-order valence-corrected chi connectivity index (χ4v) is 2.88. The van der Waals surface area contributed by atoms with Crippen LogP contribution in [-0.2, 0) is 11.2 Å². The summed E-state index contributed by atoms with van der Waals surface area (Å²) in [5, 5.41) is 3.24. The second-order valence-electron chi connectivity index (χ2n) is 3.84. The van der Waals surface area contributed by atoms with Gasteiger partial charge in [0.1, 0.15) is 0 Å². The number of amides is 1. The van der Waals surface area contributed by atoms with Crippen molar-refractivity contribution in [2.75, 3.05) is 26.2 Å². The molecule has 1 amide bonds. The van der Waals surface area contributed by atoms with E-state index in [1.54, 1.807) is 11.3 Å². The van der Waals surface area contributed by atoms with Crippen LogP contribution in [0.4, 0.5) is 0 Å². The van der Waals surface area contributed by atoms with Gasteiger partial charge in [0.15, 0.2) is 0 Å². The number of carbonyl (C=O) groups excluding carboxylic acids is 1. The Labute approximate surface area is 104 Å². The fraction of sp³-hybridized carbons (Fsp3) is 0.545. The average Bonchev–Trinajstić information content (AvgIpc) is 2.73. The minimum absolute atomic E-state index is 0.256. The van der Waals surface area contributed by atoms with Crippen LogP contribution < -0.4 is 5.32 Å². The quantitative estimate of drug-likeness (QED) is 0.896. The predicted molar refractivity (Wildman–Crippen MR) is 67.1 cm³/mol.